The van der Waals surface area contributed by atoms with Crippen molar-refractivity contribution in [2.75, 3.05) is 7.11 Å². The van der Waals surface area contributed by atoms with E-state index in [9.17, 15) is 4.79 Å². The highest BCUT2D eigenvalue weighted by molar-refractivity contribution is 6.01. The molecule has 0 fully saturated rings. The number of benzene rings is 1. The Morgan fingerprint density at radius 2 is 2.18 bits per heavy atom. The highest BCUT2D eigenvalue weighted by Crippen LogP contribution is 2.19. The van der Waals surface area contributed by atoms with Crippen molar-refractivity contribution in [3.8, 4) is 0 Å². The Kier molecular flexibility index (Phi) is 3.42. The first-order chi connectivity index (χ1) is 8.19. The summed E-state index contributed by atoms with van der Waals surface area (Å²) < 4.78 is 4.60. The van der Waals surface area contributed by atoms with E-state index in [1.165, 1.54) is 12.7 Å². The zero-order valence-electron chi connectivity index (χ0n) is 9.97. The minimum absolute atomic E-state index is 0.196. The number of carbonyl (C=O) groups is 1. The maximum Gasteiger partial charge on any atom is 0.309 e. The number of carbonyl (C=O) groups excluding carboxylic acids is 1. The van der Waals surface area contributed by atoms with E-state index < -0.39 is 0 Å². The maximum atomic E-state index is 11.1. The van der Waals surface area contributed by atoms with Gasteiger partial charge in [0.1, 0.15) is 6.10 Å². The average molecular weight is 233 g/mol. The number of rotatable bonds is 3. The Labute approximate surface area is 100 Å². The number of methoxy groups -OCH3 is 1. The molecule has 0 aliphatic carbocycles. The topological polar surface area (TPSA) is 47.9 Å². The molecule has 0 spiro atoms. The summed E-state index contributed by atoms with van der Waals surface area (Å²) in [5.41, 5.74) is 3.14. The molecule has 1 aliphatic rings. The second-order valence-electron chi connectivity index (χ2n) is 4.12. The van der Waals surface area contributed by atoms with Crippen molar-refractivity contribution in [2.45, 2.75) is 25.9 Å². The lowest BCUT2D eigenvalue weighted by Gasteiger charge is -2.05. The van der Waals surface area contributed by atoms with E-state index in [1.54, 1.807) is 0 Å². The van der Waals surface area contributed by atoms with Crippen LogP contribution >= 0.6 is 0 Å². The second-order valence-corrected chi connectivity index (χ2v) is 4.12. The monoisotopic (exact) mass is 233 g/mol. The van der Waals surface area contributed by atoms with Gasteiger partial charge < -0.3 is 9.57 Å². The average Bonchev–Trinajstić information content (AvgIpc) is 2.78. The number of hydrogen-bond acceptors (Lipinski definition) is 4. The fraction of sp³-hybridized carbons (Fsp3) is 0.385. The molecule has 0 saturated heterocycles. The Balaban J connectivity index is 1.97. The zero-order chi connectivity index (χ0) is 12.3. The van der Waals surface area contributed by atoms with Crippen LogP contribution in [0, 0.1) is 6.92 Å². The molecule has 1 aliphatic heterocycles. The Morgan fingerprint density at radius 1 is 1.47 bits per heavy atom. The molecule has 1 atom stereocenters. The summed E-state index contributed by atoms with van der Waals surface area (Å²) in [7, 11) is 1.37. The fourth-order valence-corrected chi connectivity index (χ4v) is 1.72. The molecule has 1 heterocycles. The molecule has 0 bridgehead atoms. The molecule has 0 saturated carbocycles. The van der Waals surface area contributed by atoms with Crippen LogP contribution < -0.4 is 0 Å². The Hall–Kier alpha value is -1.84. The minimum atomic E-state index is -0.268. The highest BCUT2D eigenvalue weighted by Gasteiger charge is 2.24. The van der Waals surface area contributed by atoms with E-state index in [1.807, 2.05) is 31.2 Å². The molecule has 0 radical (unpaired) electrons. The lowest BCUT2D eigenvalue weighted by Crippen LogP contribution is -2.15. The number of nitrogens with zero attached hydrogens (tertiary/aromatic N) is 1. The van der Waals surface area contributed by atoms with Crippen molar-refractivity contribution in [2.24, 2.45) is 5.16 Å². The second kappa shape index (κ2) is 4.99. The van der Waals surface area contributed by atoms with Crippen LogP contribution in [0.1, 0.15) is 24.0 Å². The summed E-state index contributed by atoms with van der Waals surface area (Å²) in [6, 6.07) is 8.09. The molecule has 1 aromatic carbocycles. The lowest BCUT2D eigenvalue weighted by atomic mass is 10.0. The van der Waals surface area contributed by atoms with Gasteiger partial charge >= 0.3 is 5.97 Å². The largest absolute Gasteiger partial charge is 0.469 e. The summed E-state index contributed by atoms with van der Waals surface area (Å²) in [5.74, 6) is -0.268. The van der Waals surface area contributed by atoms with Crippen molar-refractivity contribution in [1.82, 2.24) is 0 Å². The van der Waals surface area contributed by atoms with Crippen LogP contribution in [0.5, 0.6) is 0 Å². The van der Waals surface area contributed by atoms with Crippen LogP contribution in [0.2, 0.25) is 0 Å². The van der Waals surface area contributed by atoms with Gasteiger partial charge in [-0.25, -0.2) is 0 Å². The molecule has 4 nitrogen and oxygen atoms in total. The van der Waals surface area contributed by atoms with Gasteiger partial charge in [-0.05, 0) is 12.5 Å². The van der Waals surface area contributed by atoms with Gasteiger partial charge in [-0.1, -0.05) is 35.0 Å². The van der Waals surface area contributed by atoms with Crippen LogP contribution in [0.3, 0.4) is 0 Å². The number of ether oxygens (including phenoxy) is 1. The zero-order valence-corrected chi connectivity index (χ0v) is 9.97. The maximum absolute atomic E-state index is 11.1. The third-order valence-corrected chi connectivity index (χ3v) is 2.74. The fourth-order valence-electron chi connectivity index (χ4n) is 1.72. The van der Waals surface area contributed by atoms with Crippen molar-refractivity contribution in [1.29, 1.82) is 0 Å². The predicted molar refractivity (Wildman–Crippen MR) is 63.8 cm³/mol. The van der Waals surface area contributed by atoms with Gasteiger partial charge in [0.05, 0.1) is 19.2 Å². The number of esters is 1. The third-order valence-electron chi connectivity index (χ3n) is 2.74. The Bertz CT molecular complexity index is 436. The lowest BCUT2D eigenvalue weighted by molar-refractivity contribution is -0.143. The van der Waals surface area contributed by atoms with Gasteiger partial charge in [0, 0.05) is 6.42 Å². The van der Waals surface area contributed by atoms with Gasteiger partial charge in [0.25, 0.3) is 0 Å². The number of aryl methyl sites for hydroxylation is 1. The normalized spacial score (nSPS) is 18.5. The molecule has 1 aromatic rings. The number of oxime groups is 1. The van der Waals surface area contributed by atoms with Gasteiger partial charge in [-0.2, -0.15) is 0 Å². The molecule has 17 heavy (non-hydrogen) atoms. The van der Waals surface area contributed by atoms with E-state index in [0.29, 0.717) is 6.42 Å². The van der Waals surface area contributed by atoms with Crippen molar-refractivity contribution >= 4 is 11.7 Å². The van der Waals surface area contributed by atoms with E-state index in [-0.39, 0.29) is 18.5 Å². The number of hydrogen-bond donors (Lipinski definition) is 0. The van der Waals surface area contributed by atoms with Crippen molar-refractivity contribution in [3.63, 3.8) is 0 Å². The van der Waals surface area contributed by atoms with E-state index in [2.05, 4.69) is 9.89 Å². The molecular formula is C13H15NO3. The summed E-state index contributed by atoms with van der Waals surface area (Å²) >= 11 is 0. The molecule has 0 amide bonds. The quantitative estimate of drug-likeness (QED) is 0.751. The van der Waals surface area contributed by atoms with Gasteiger partial charge in [-0.3, -0.25) is 4.79 Å². The van der Waals surface area contributed by atoms with E-state index >= 15 is 0 Å². The summed E-state index contributed by atoms with van der Waals surface area (Å²) in [4.78, 5) is 16.3. The van der Waals surface area contributed by atoms with Crippen molar-refractivity contribution in [3.05, 3.63) is 35.4 Å². The van der Waals surface area contributed by atoms with Gasteiger partial charge in [0.15, 0.2) is 0 Å². The van der Waals surface area contributed by atoms with Gasteiger partial charge in [0.2, 0.25) is 0 Å². The Morgan fingerprint density at radius 3 is 2.82 bits per heavy atom. The summed E-state index contributed by atoms with van der Waals surface area (Å²) in [6.45, 7) is 2.04. The minimum Gasteiger partial charge on any atom is -0.469 e. The van der Waals surface area contributed by atoms with Crippen molar-refractivity contribution < 1.29 is 14.4 Å². The van der Waals surface area contributed by atoms with Crippen LogP contribution in [0.4, 0.5) is 0 Å². The molecule has 0 N–H and O–H groups in total. The van der Waals surface area contributed by atoms with E-state index in [4.69, 9.17) is 4.84 Å². The van der Waals surface area contributed by atoms with Crippen LogP contribution in [0.15, 0.2) is 29.4 Å². The van der Waals surface area contributed by atoms with Crippen LogP contribution in [0.25, 0.3) is 0 Å². The summed E-state index contributed by atoms with van der Waals surface area (Å²) in [5, 5.41) is 4.01. The standard InChI is InChI=1S/C13H15NO3/c1-9-3-5-10(6-4-9)12-7-11(17-14-12)8-13(15)16-2/h3-6,11H,7-8H2,1-2H3. The van der Waals surface area contributed by atoms with Crippen LogP contribution in [-0.4, -0.2) is 24.9 Å². The molecule has 2 rings (SSSR count). The molecule has 90 valence electrons. The molecule has 1 unspecified atom stereocenters. The first-order valence-corrected chi connectivity index (χ1v) is 5.55. The summed E-state index contributed by atoms with van der Waals surface area (Å²) in [6.07, 6.45) is 0.701. The van der Waals surface area contributed by atoms with Gasteiger partial charge in [-0.15, -0.1) is 0 Å². The SMILES string of the molecule is COC(=O)CC1CC(c2ccc(C)cc2)=NO1. The first-order valence-electron chi connectivity index (χ1n) is 5.55. The molecule has 4 heteroatoms. The smallest absolute Gasteiger partial charge is 0.309 e. The predicted octanol–water partition coefficient (Wildman–Crippen LogP) is 2.05. The highest BCUT2D eigenvalue weighted by atomic mass is 16.6. The third kappa shape index (κ3) is 2.84. The van der Waals surface area contributed by atoms with Crippen LogP contribution in [-0.2, 0) is 14.4 Å². The molecular weight excluding hydrogens is 218 g/mol. The van der Waals surface area contributed by atoms with E-state index in [0.717, 1.165) is 11.3 Å². The molecule has 0 aromatic heterocycles. The first kappa shape index (κ1) is 11.6.